The summed E-state index contributed by atoms with van der Waals surface area (Å²) in [6.45, 7) is 1.17. The van der Waals surface area contributed by atoms with E-state index in [-0.39, 0.29) is 10.8 Å². The number of rotatable bonds is 7. The van der Waals surface area contributed by atoms with E-state index in [1.54, 1.807) is 12.1 Å². The molecule has 0 unspecified atom stereocenters. The lowest BCUT2D eigenvalue weighted by molar-refractivity contribution is -0.179. The van der Waals surface area contributed by atoms with Gasteiger partial charge in [0.1, 0.15) is 0 Å². The van der Waals surface area contributed by atoms with E-state index in [1.807, 2.05) is 6.92 Å². The Hall–Kier alpha value is -1.48. The van der Waals surface area contributed by atoms with Crippen molar-refractivity contribution in [3.05, 3.63) is 29.8 Å². The third-order valence-corrected chi connectivity index (χ3v) is 6.40. The van der Waals surface area contributed by atoms with E-state index in [0.29, 0.717) is 12.8 Å². The summed E-state index contributed by atoms with van der Waals surface area (Å²) in [6, 6.07) is 6.18. The molecule has 0 bridgehead atoms. The normalized spacial score (nSPS) is 19.5. The number of esters is 1. The number of aliphatic hydroxyl groups excluding tert-OH is 1. The van der Waals surface area contributed by atoms with Gasteiger partial charge in [-0.1, -0.05) is 37.0 Å². The Morgan fingerprint density at radius 3 is 2.38 bits per heavy atom. The van der Waals surface area contributed by atoms with E-state index >= 15 is 0 Å². The van der Waals surface area contributed by atoms with Gasteiger partial charge in [-0.3, -0.25) is 0 Å². The van der Waals surface area contributed by atoms with Crippen LogP contribution in [0.25, 0.3) is 0 Å². The zero-order valence-electron chi connectivity index (χ0n) is 15.1. The number of methoxy groups -OCH3 is 1. The van der Waals surface area contributed by atoms with Crippen molar-refractivity contribution in [2.24, 2.45) is 5.92 Å². The molecule has 2 rings (SSSR count). The highest BCUT2D eigenvalue weighted by Gasteiger charge is 2.48. The number of benzene rings is 1. The second kappa shape index (κ2) is 8.47. The zero-order valence-corrected chi connectivity index (χ0v) is 16.0. The van der Waals surface area contributed by atoms with Crippen molar-refractivity contribution in [3.8, 4) is 0 Å². The summed E-state index contributed by atoms with van der Waals surface area (Å²) in [7, 11) is -2.85. The van der Waals surface area contributed by atoms with Gasteiger partial charge in [-0.25, -0.2) is 17.9 Å². The molecule has 0 heterocycles. The maximum Gasteiger partial charge on any atom is 0.342 e. The topological polar surface area (TPSA) is 113 Å². The van der Waals surface area contributed by atoms with Gasteiger partial charge in [0.25, 0.3) is 0 Å². The van der Waals surface area contributed by atoms with Crippen LogP contribution in [0.2, 0.25) is 0 Å². The van der Waals surface area contributed by atoms with Crippen molar-refractivity contribution >= 4 is 16.0 Å². The highest BCUT2D eigenvalue weighted by atomic mass is 32.2. The number of hydrogen-bond donors (Lipinski definition) is 3. The average Bonchev–Trinajstić information content (AvgIpc) is 2.66. The van der Waals surface area contributed by atoms with Crippen LogP contribution < -0.4 is 4.72 Å². The number of aryl methyl sites for hydroxylation is 1. The number of sulfonamides is 1. The predicted octanol–water partition coefficient (Wildman–Crippen LogP) is 1.12. The van der Waals surface area contributed by atoms with Gasteiger partial charge in [-0.15, -0.1) is 0 Å². The van der Waals surface area contributed by atoms with Crippen molar-refractivity contribution in [2.75, 3.05) is 13.7 Å². The minimum Gasteiger partial charge on any atom is -0.467 e. The molecular weight excluding hydrogens is 358 g/mol. The molecule has 0 aliphatic heterocycles. The Bertz CT molecular complexity index is 712. The van der Waals surface area contributed by atoms with Crippen molar-refractivity contribution in [1.82, 2.24) is 4.72 Å². The molecule has 1 fully saturated rings. The molecule has 146 valence electrons. The lowest BCUT2D eigenvalue weighted by Gasteiger charge is -2.36. The van der Waals surface area contributed by atoms with Crippen molar-refractivity contribution < 1.29 is 28.2 Å². The summed E-state index contributed by atoms with van der Waals surface area (Å²) in [5, 5.41) is 21.4. The Balaban J connectivity index is 2.19. The van der Waals surface area contributed by atoms with E-state index < -0.39 is 34.2 Å². The van der Waals surface area contributed by atoms with Gasteiger partial charge >= 0.3 is 5.97 Å². The van der Waals surface area contributed by atoms with Crippen LogP contribution in [-0.4, -0.2) is 50.0 Å². The third kappa shape index (κ3) is 4.62. The number of ether oxygens (including phenoxy) is 1. The van der Waals surface area contributed by atoms with Gasteiger partial charge in [0, 0.05) is 0 Å². The minimum atomic E-state index is -3.95. The minimum absolute atomic E-state index is 0.0162. The maximum absolute atomic E-state index is 12.4. The number of carbonyl (C=O) groups excluding carboxylic acids is 1. The van der Waals surface area contributed by atoms with Crippen LogP contribution in [0.1, 0.15) is 37.7 Å². The fourth-order valence-corrected chi connectivity index (χ4v) is 4.39. The van der Waals surface area contributed by atoms with Gasteiger partial charge in [0.2, 0.25) is 15.6 Å². The monoisotopic (exact) mass is 385 g/mol. The molecule has 0 saturated heterocycles. The molecule has 1 saturated carbocycles. The van der Waals surface area contributed by atoms with Crippen LogP contribution in [-0.2, 0) is 19.6 Å². The van der Waals surface area contributed by atoms with E-state index in [9.17, 15) is 23.4 Å². The summed E-state index contributed by atoms with van der Waals surface area (Å²) in [5.74, 6) is -1.33. The molecule has 1 aromatic carbocycles. The quantitative estimate of drug-likeness (QED) is 0.606. The van der Waals surface area contributed by atoms with E-state index in [1.165, 1.54) is 12.1 Å². The van der Waals surface area contributed by atoms with Gasteiger partial charge in [0.05, 0.1) is 24.7 Å². The second-order valence-electron chi connectivity index (χ2n) is 6.90. The first kappa shape index (κ1) is 20.8. The zero-order chi connectivity index (χ0) is 19.4. The summed E-state index contributed by atoms with van der Waals surface area (Å²) in [5.41, 5.74) is -1.43. The molecular formula is C18H27NO6S. The second-order valence-corrected chi connectivity index (χ2v) is 8.66. The van der Waals surface area contributed by atoms with E-state index in [4.69, 9.17) is 0 Å². The summed E-state index contributed by atoms with van der Waals surface area (Å²) < 4.78 is 31.8. The number of hydrogen-bond acceptors (Lipinski definition) is 6. The molecule has 1 aromatic rings. The predicted molar refractivity (Wildman–Crippen MR) is 95.9 cm³/mol. The average molecular weight is 385 g/mol. The lowest BCUT2D eigenvalue weighted by Crippen LogP contribution is -2.59. The van der Waals surface area contributed by atoms with Crippen LogP contribution in [0, 0.1) is 12.8 Å². The van der Waals surface area contributed by atoms with E-state index in [0.717, 1.165) is 31.9 Å². The largest absolute Gasteiger partial charge is 0.467 e. The Morgan fingerprint density at radius 2 is 1.85 bits per heavy atom. The summed E-state index contributed by atoms with van der Waals surface area (Å²) in [6.07, 6.45) is 2.77. The number of nitrogens with one attached hydrogen (secondary N) is 1. The fourth-order valence-electron chi connectivity index (χ4n) is 3.32. The van der Waals surface area contributed by atoms with Gasteiger partial charge < -0.3 is 14.9 Å². The molecule has 0 amide bonds. The molecule has 1 aliphatic carbocycles. The van der Waals surface area contributed by atoms with Crippen molar-refractivity contribution in [3.63, 3.8) is 0 Å². The van der Waals surface area contributed by atoms with Gasteiger partial charge in [-0.05, 0) is 37.8 Å². The number of carbonyl (C=O) groups is 1. The van der Waals surface area contributed by atoms with Crippen LogP contribution >= 0.6 is 0 Å². The van der Waals surface area contributed by atoms with Crippen molar-refractivity contribution in [2.45, 2.75) is 55.6 Å². The summed E-state index contributed by atoms with van der Waals surface area (Å²) >= 11 is 0. The first-order chi connectivity index (χ1) is 12.2. The Labute approximate surface area is 154 Å². The smallest absolute Gasteiger partial charge is 0.342 e. The molecule has 1 aliphatic rings. The molecule has 2 atom stereocenters. The fraction of sp³-hybridized carbons (Fsp3) is 0.611. The summed E-state index contributed by atoms with van der Waals surface area (Å²) in [4.78, 5) is 12.2. The third-order valence-electron chi connectivity index (χ3n) is 4.99. The highest BCUT2D eigenvalue weighted by Crippen LogP contribution is 2.32. The first-order valence-electron chi connectivity index (χ1n) is 8.76. The molecule has 0 spiro atoms. The number of aliphatic hydroxyl groups is 2. The Kier molecular flexibility index (Phi) is 6.79. The molecule has 26 heavy (non-hydrogen) atoms. The molecule has 7 nitrogen and oxygen atoms in total. The SMILES string of the molecule is COC(=O)[C@@](O)(CNS(=O)(=O)c1ccc(C)cc1)[C@@H](O)C1CCCCC1. The molecule has 8 heteroatoms. The van der Waals surface area contributed by atoms with Crippen LogP contribution in [0.5, 0.6) is 0 Å². The Morgan fingerprint density at radius 1 is 1.27 bits per heavy atom. The molecule has 0 radical (unpaired) electrons. The first-order valence-corrected chi connectivity index (χ1v) is 10.2. The van der Waals surface area contributed by atoms with E-state index in [2.05, 4.69) is 9.46 Å². The van der Waals surface area contributed by atoms with Gasteiger partial charge in [-0.2, -0.15) is 0 Å². The lowest BCUT2D eigenvalue weighted by atomic mass is 9.78. The maximum atomic E-state index is 12.4. The van der Waals surface area contributed by atoms with Crippen LogP contribution in [0.4, 0.5) is 0 Å². The van der Waals surface area contributed by atoms with Crippen molar-refractivity contribution in [1.29, 1.82) is 0 Å². The van der Waals surface area contributed by atoms with Crippen LogP contribution in [0.3, 0.4) is 0 Å². The van der Waals surface area contributed by atoms with Crippen LogP contribution in [0.15, 0.2) is 29.2 Å². The highest BCUT2D eigenvalue weighted by molar-refractivity contribution is 7.89. The standard InChI is InChI=1S/C18H27NO6S/c1-13-8-10-15(11-9-13)26(23,24)19-12-18(22,17(21)25-2)16(20)14-6-4-3-5-7-14/h8-11,14,16,19-20,22H,3-7,12H2,1-2H3/t16-,18+/m0/s1. The molecule has 0 aromatic heterocycles. The molecule has 3 N–H and O–H groups in total. The van der Waals surface area contributed by atoms with Gasteiger partial charge in [0.15, 0.2) is 0 Å².